The lowest BCUT2D eigenvalue weighted by molar-refractivity contribution is -0.137. The fourth-order valence-corrected chi connectivity index (χ4v) is 1.75. The number of primary amides is 1. The maximum atomic E-state index is 12.0. The number of nitrogens with one attached hydrogen (secondary N) is 1. The second kappa shape index (κ2) is 6.55. The SMILES string of the molecule is Cc1cccc(C)c1NC(=O)N(CC(N)=O)CC(=O)O. The molecule has 4 N–H and O–H groups in total. The van der Waals surface area contributed by atoms with Crippen LogP contribution in [0.2, 0.25) is 0 Å². The molecule has 0 aliphatic heterocycles. The summed E-state index contributed by atoms with van der Waals surface area (Å²) in [6, 6.07) is 4.80. The van der Waals surface area contributed by atoms with E-state index in [0.29, 0.717) is 5.69 Å². The molecule has 0 radical (unpaired) electrons. The molecule has 0 bridgehead atoms. The molecule has 20 heavy (non-hydrogen) atoms. The van der Waals surface area contributed by atoms with Gasteiger partial charge in [0.25, 0.3) is 0 Å². The van der Waals surface area contributed by atoms with Gasteiger partial charge < -0.3 is 21.1 Å². The molecule has 0 heterocycles. The van der Waals surface area contributed by atoms with Crippen LogP contribution in [0.25, 0.3) is 0 Å². The van der Waals surface area contributed by atoms with E-state index in [1.165, 1.54) is 0 Å². The first-order valence-electron chi connectivity index (χ1n) is 5.93. The zero-order valence-corrected chi connectivity index (χ0v) is 11.3. The molecular formula is C13H17N3O4. The summed E-state index contributed by atoms with van der Waals surface area (Å²) in [4.78, 5) is 34.5. The molecule has 1 aromatic rings. The maximum absolute atomic E-state index is 12.0. The minimum atomic E-state index is -1.22. The van der Waals surface area contributed by atoms with Gasteiger partial charge in [0.2, 0.25) is 5.91 Å². The Morgan fingerprint density at radius 3 is 2.20 bits per heavy atom. The van der Waals surface area contributed by atoms with Gasteiger partial charge in [0.05, 0.1) is 0 Å². The fourth-order valence-electron chi connectivity index (χ4n) is 1.75. The fraction of sp³-hybridized carbons (Fsp3) is 0.308. The number of para-hydroxylation sites is 1. The Morgan fingerprint density at radius 2 is 1.75 bits per heavy atom. The summed E-state index contributed by atoms with van der Waals surface area (Å²) in [5.41, 5.74) is 7.28. The van der Waals surface area contributed by atoms with E-state index < -0.39 is 31.0 Å². The van der Waals surface area contributed by atoms with Crippen molar-refractivity contribution in [3.8, 4) is 0 Å². The molecule has 0 saturated carbocycles. The van der Waals surface area contributed by atoms with Gasteiger partial charge in [-0.1, -0.05) is 18.2 Å². The van der Waals surface area contributed by atoms with Crippen LogP contribution in [0, 0.1) is 13.8 Å². The number of carbonyl (C=O) groups is 3. The van der Waals surface area contributed by atoms with Crippen LogP contribution in [0.1, 0.15) is 11.1 Å². The standard InChI is InChI=1S/C13H17N3O4/c1-8-4-3-5-9(2)12(8)15-13(20)16(6-10(14)17)7-11(18)19/h3-5H,6-7H2,1-2H3,(H2,14,17)(H,15,20)(H,18,19). The minimum Gasteiger partial charge on any atom is -0.480 e. The average molecular weight is 279 g/mol. The second-order valence-corrected chi connectivity index (χ2v) is 4.41. The number of aliphatic carboxylic acids is 1. The highest BCUT2D eigenvalue weighted by Gasteiger charge is 2.19. The van der Waals surface area contributed by atoms with Gasteiger partial charge in [-0.3, -0.25) is 9.59 Å². The number of urea groups is 1. The van der Waals surface area contributed by atoms with Crippen LogP contribution in [0.15, 0.2) is 18.2 Å². The van der Waals surface area contributed by atoms with Crippen molar-refractivity contribution in [2.24, 2.45) is 5.73 Å². The Balaban J connectivity index is 2.90. The summed E-state index contributed by atoms with van der Waals surface area (Å²) in [7, 11) is 0. The molecule has 7 heteroatoms. The molecule has 0 aliphatic carbocycles. The van der Waals surface area contributed by atoms with E-state index in [2.05, 4.69) is 5.32 Å². The van der Waals surface area contributed by atoms with Gasteiger partial charge in [0.15, 0.2) is 0 Å². The maximum Gasteiger partial charge on any atom is 0.323 e. The first kappa shape index (κ1) is 15.5. The van der Waals surface area contributed by atoms with Gasteiger partial charge in [-0.05, 0) is 25.0 Å². The highest BCUT2D eigenvalue weighted by molar-refractivity contribution is 5.95. The van der Waals surface area contributed by atoms with Crippen LogP contribution in [0.4, 0.5) is 10.5 Å². The largest absolute Gasteiger partial charge is 0.480 e. The number of amides is 3. The Labute approximate surface area is 116 Å². The molecule has 1 rings (SSSR count). The smallest absolute Gasteiger partial charge is 0.323 e. The number of nitrogens with zero attached hydrogens (tertiary/aromatic N) is 1. The number of carboxylic acid groups (broad SMARTS) is 1. The van der Waals surface area contributed by atoms with Crippen molar-refractivity contribution >= 4 is 23.6 Å². The van der Waals surface area contributed by atoms with Crippen molar-refractivity contribution in [1.82, 2.24) is 4.90 Å². The molecule has 3 amide bonds. The summed E-state index contributed by atoms with van der Waals surface area (Å²) in [6.45, 7) is 2.58. The van der Waals surface area contributed by atoms with E-state index >= 15 is 0 Å². The molecule has 7 nitrogen and oxygen atoms in total. The third-order valence-corrected chi connectivity index (χ3v) is 2.67. The average Bonchev–Trinajstić information content (AvgIpc) is 2.31. The molecule has 0 spiro atoms. The Bertz CT molecular complexity index is 506. The molecule has 0 fully saturated rings. The summed E-state index contributed by atoms with van der Waals surface area (Å²) < 4.78 is 0. The zero-order chi connectivity index (χ0) is 15.3. The summed E-state index contributed by atoms with van der Waals surface area (Å²) in [6.07, 6.45) is 0. The van der Waals surface area contributed by atoms with Gasteiger partial charge in [-0.25, -0.2) is 4.79 Å². The van der Waals surface area contributed by atoms with Crippen molar-refractivity contribution in [1.29, 1.82) is 0 Å². The minimum absolute atomic E-state index is 0.455. The molecule has 0 atom stereocenters. The van der Waals surface area contributed by atoms with E-state index in [4.69, 9.17) is 10.8 Å². The quantitative estimate of drug-likeness (QED) is 0.736. The summed E-state index contributed by atoms with van der Waals surface area (Å²) >= 11 is 0. The summed E-state index contributed by atoms with van der Waals surface area (Å²) in [5.74, 6) is -1.99. The van der Waals surface area contributed by atoms with E-state index in [0.717, 1.165) is 16.0 Å². The lowest BCUT2D eigenvalue weighted by atomic mass is 10.1. The van der Waals surface area contributed by atoms with Crippen LogP contribution < -0.4 is 11.1 Å². The number of rotatable bonds is 5. The molecular weight excluding hydrogens is 262 g/mol. The number of anilines is 1. The van der Waals surface area contributed by atoms with Gasteiger partial charge in [-0.15, -0.1) is 0 Å². The third-order valence-electron chi connectivity index (χ3n) is 2.67. The zero-order valence-electron chi connectivity index (χ0n) is 11.3. The number of carbonyl (C=O) groups excluding carboxylic acids is 2. The van der Waals surface area contributed by atoms with Crippen molar-refractivity contribution in [2.45, 2.75) is 13.8 Å². The summed E-state index contributed by atoms with van der Waals surface area (Å²) in [5, 5.41) is 11.4. The molecule has 0 saturated heterocycles. The highest BCUT2D eigenvalue weighted by atomic mass is 16.4. The van der Waals surface area contributed by atoms with Crippen LogP contribution in [0.3, 0.4) is 0 Å². The molecule has 0 unspecified atom stereocenters. The lowest BCUT2D eigenvalue weighted by Crippen LogP contribution is -2.43. The number of benzene rings is 1. The number of nitrogens with two attached hydrogens (primary N) is 1. The molecule has 1 aromatic carbocycles. The molecule has 108 valence electrons. The van der Waals surface area contributed by atoms with Crippen LogP contribution in [0.5, 0.6) is 0 Å². The van der Waals surface area contributed by atoms with Gasteiger partial charge in [-0.2, -0.15) is 0 Å². The van der Waals surface area contributed by atoms with Crippen molar-refractivity contribution in [3.63, 3.8) is 0 Å². The van der Waals surface area contributed by atoms with E-state index in [9.17, 15) is 14.4 Å². The Hall–Kier alpha value is -2.57. The van der Waals surface area contributed by atoms with E-state index in [1.54, 1.807) is 0 Å². The van der Waals surface area contributed by atoms with Gasteiger partial charge in [0, 0.05) is 5.69 Å². The Kier molecular flexibility index (Phi) is 5.08. The van der Waals surface area contributed by atoms with Crippen LogP contribution >= 0.6 is 0 Å². The van der Waals surface area contributed by atoms with Crippen molar-refractivity contribution in [3.05, 3.63) is 29.3 Å². The first-order valence-corrected chi connectivity index (χ1v) is 5.93. The van der Waals surface area contributed by atoms with E-state index in [1.807, 2.05) is 32.0 Å². The van der Waals surface area contributed by atoms with Crippen LogP contribution in [-0.2, 0) is 9.59 Å². The van der Waals surface area contributed by atoms with Crippen molar-refractivity contribution < 1.29 is 19.5 Å². The molecule has 0 aromatic heterocycles. The number of hydrogen-bond acceptors (Lipinski definition) is 3. The third kappa shape index (κ3) is 4.27. The van der Waals surface area contributed by atoms with Crippen LogP contribution in [-0.4, -0.2) is 41.0 Å². The monoisotopic (exact) mass is 279 g/mol. The van der Waals surface area contributed by atoms with E-state index in [-0.39, 0.29) is 0 Å². The second-order valence-electron chi connectivity index (χ2n) is 4.41. The highest BCUT2D eigenvalue weighted by Crippen LogP contribution is 2.19. The van der Waals surface area contributed by atoms with Gasteiger partial charge in [0.1, 0.15) is 13.1 Å². The predicted molar refractivity (Wildman–Crippen MR) is 73.3 cm³/mol. The number of hydrogen-bond donors (Lipinski definition) is 3. The number of aryl methyl sites for hydroxylation is 2. The Morgan fingerprint density at radius 1 is 1.20 bits per heavy atom. The topological polar surface area (TPSA) is 113 Å². The lowest BCUT2D eigenvalue weighted by Gasteiger charge is -2.21. The normalized spacial score (nSPS) is 9.90. The predicted octanol–water partition coefficient (Wildman–Crippen LogP) is 0.707. The number of carboxylic acids is 1. The molecule has 0 aliphatic rings. The van der Waals surface area contributed by atoms with Crippen molar-refractivity contribution in [2.75, 3.05) is 18.4 Å². The first-order chi connectivity index (χ1) is 9.31. The van der Waals surface area contributed by atoms with Gasteiger partial charge >= 0.3 is 12.0 Å².